The quantitative estimate of drug-likeness (QED) is 0.0117. The lowest BCUT2D eigenvalue weighted by Crippen LogP contribution is -2.69. The van der Waals surface area contributed by atoms with Crippen LogP contribution in [0.5, 0.6) is 0 Å². The van der Waals surface area contributed by atoms with Crippen molar-refractivity contribution in [2.45, 2.75) is 407 Å². The summed E-state index contributed by atoms with van der Waals surface area (Å²) < 4.78 is 65.0. The number of hydrogen-bond donors (Lipinski definition) is 11. The number of carbonyl (C=O) groups is 3. The van der Waals surface area contributed by atoms with Crippen LogP contribution >= 0.6 is 7.82 Å². The first-order valence-corrected chi connectivity index (χ1v) is 39.3. The van der Waals surface area contributed by atoms with Crippen LogP contribution in [0.3, 0.4) is 0 Å². The van der Waals surface area contributed by atoms with E-state index in [2.05, 4.69) is 20.8 Å². The van der Waals surface area contributed by atoms with Crippen LogP contribution in [0.4, 0.5) is 0 Å². The van der Waals surface area contributed by atoms with E-state index < -0.39 is 156 Å². The minimum Gasteiger partial charge on any atom is -0.463 e. The highest BCUT2D eigenvalue weighted by Crippen LogP contribution is 2.49. The van der Waals surface area contributed by atoms with E-state index in [1.807, 2.05) is 0 Å². The molecule has 24 nitrogen and oxygen atoms in total. The van der Waals surface area contributed by atoms with Crippen molar-refractivity contribution in [3.05, 3.63) is 0 Å². The Morgan fingerprint density at radius 3 is 1.02 bits per heavy atom. The highest BCUT2D eigenvalue weighted by molar-refractivity contribution is 7.47. The Bertz CT molecular complexity index is 1990. The molecule has 3 aliphatic rings. The fraction of sp³-hybridized carbons (Fsp3) is 0.958. The van der Waals surface area contributed by atoms with Crippen LogP contribution in [-0.4, -0.2) is 204 Å². The molecular formula is C71H133O24P. The molecule has 0 aromatic rings. The van der Waals surface area contributed by atoms with Crippen molar-refractivity contribution in [2.24, 2.45) is 0 Å². The van der Waals surface area contributed by atoms with Gasteiger partial charge in [0.05, 0.1) is 13.2 Å². The number of phosphoric acid groups is 1. The van der Waals surface area contributed by atoms with Crippen LogP contribution in [0.1, 0.15) is 303 Å². The van der Waals surface area contributed by atoms with E-state index in [9.17, 15) is 74.9 Å². The van der Waals surface area contributed by atoms with E-state index >= 15 is 0 Å². The lowest BCUT2D eigenvalue weighted by molar-refractivity contribution is -0.360. The summed E-state index contributed by atoms with van der Waals surface area (Å²) in [5.74, 6) is -1.97. The molecule has 0 radical (unpaired) electrons. The molecule has 1 aliphatic carbocycles. The highest BCUT2D eigenvalue weighted by atomic mass is 31.2. The fourth-order valence-corrected chi connectivity index (χ4v) is 13.7. The lowest BCUT2D eigenvalue weighted by atomic mass is 9.84. The molecule has 2 heterocycles. The van der Waals surface area contributed by atoms with Crippen LogP contribution in [0.2, 0.25) is 0 Å². The Morgan fingerprint density at radius 1 is 0.365 bits per heavy atom. The first kappa shape index (κ1) is 88.2. The molecule has 96 heavy (non-hydrogen) atoms. The minimum atomic E-state index is -5.69. The van der Waals surface area contributed by atoms with Gasteiger partial charge in [-0.2, -0.15) is 0 Å². The summed E-state index contributed by atoms with van der Waals surface area (Å²) in [4.78, 5) is 51.0. The van der Waals surface area contributed by atoms with E-state index in [0.29, 0.717) is 19.3 Å². The second-order valence-corrected chi connectivity index (χ2v) is 28.8. The monoisotopic (exact) mass is 1400 g/mol. The summed E-state index contributed by atoms with van der Waals surface area (Å²) in [5, 5.41) is 110. The average Bonchev–Trinajstić information content (AvgIpc) is 0.764. The summed E-state index contributed by atoms with van der Waals surface area (Å²) in [7, 11) is -5.69. The van der Waals surface area contributed by atoms with Gasteiger partial charge in [-0.15, -0.1) is 0 Å². The molecule has 1 saturated carbocycles. The third-order valence-electron chi connectivity index (χ3n) is 18.9. The molecule has 566 valence electrons. The van der Waals surface area contributed by atoms with Crippen LogP contribution in [0.15, 0.2) is 0 Å². The predicted octanol–water partition coefficient (Wildman–Crippen LogP) is 10.2. The van der Waals surface area contributed by atoms with Crippen molar-refractivity contribution >= 4 is 25.7 Å². The molecule has 0 aromatic carbocycles. The molecular weight excluding hydrogens is 1270 g/mol. The van der Waals surface area contributed by atoms with E-state index in [-0.39, 0.29) is 19.3 Å². The van der Waals surface area contributed by atoms with Gasteiger partial charge >= 0.3 is 25.7 Å². The second-order valence-electron chi connectivity index (χ2n) is 27.4. The standard InChI is InChI=1S/C71H133O24P/c1-4-7-10-13-16-19-22-25-26-27-29-32-35-38-41-44-47-57(75)90-52(49-87-55(73)45-42-39-36-33-30-24-21-18-15-12-9-6-3)50-89-96(85,86)95-69-67(93-70-65(83)60(78)58(76)53(48-72)91-70)63(81)62(80)64(82)68(69)94-71-66(84)61(79)59(77)54(92-71)51-88-56(74)46-43-40-37-34-31-28-23-20-17-14-11-8-5-2/h52-54,58-72,76-84H,4-51H2,1-3H3,(H,85,86). The molecule has 0 bridgehead atoms. The molecule has 2 aliphatic heterocycles. The molecule has 0 amide bonds. The lowest BCUT2D eigenvalue weighted by Gasteiger charge is -2.49. The summed E-state index contributed by atoms with van der Waals surface area (Å²) >= 11 is 0. The summed E-state index contributed by atoms with van der Waals surface area (Å²) in [6.45, 7) is 3.46. The predicted molar refractivity (Wildman–Crippen MR) is 361 cm³/mol. The normalized spacial score (nSPS) is 27.9. The molecule has 0 spiro atoms. The molecule has 11 N–H and O–H groups in total. The number of unbranched alkanes of at least 4 members (excludes halogenated alkanes) is 38. The van der Waals surface area contributed by atoms with E-state index in [0.717, 1.165) is 96.3 Å². The van der Waals surface area contributed by atoms with Crippen molar-refractivity contribution in [1.29, 1.82) is 0 Å². The number of hydrogen-bond acceptors (Lipinski definition) is 23. The van der Waals surface area contributed by atoms with Gasteiger partial charge in [-0.25, -0.2) is 4.57 Å². The van der Waals surface area contributed by atoms with Crippen molar-refractivity contribution < 1.29 is 117 Å². The van der Waals surface area contributed by atoms with Crippen LogP contribution < -0.4 is 0 Å². The molecule has 18 unspecified atom stereocenters. The number of aliphatic hydroxyl groups excluding tert-OH is 10. The Morgan fingerprint density at radius 2 is 0.667 bits per heavy atom. The third-order valence-corrected chi connectivity index (χ3v) is 19.9. The summed E-state index contributed by atoms with van der Waals surface area (Å²) in [5.41, 5.74) is 0. The zero-order valence-electron chi connectivity index (χ0n) is 58.9. The molecule has 18 atom stereocenters. The molecule has 0 aromatic heterocycles. The molecule has 3 fully saturated rings. The van der Waals surface area contributed by atoms with E-state index in [4.69, 9.17) is 42.2 Å². The second kappa shape index (κ2) is 53.7. The topological polar surface area (TPSA) is 374 Å². The average molecular weight is 1400 g/mol. The molecule has 3 rings (SSSR count). The van der Waals surface area contributed by atoms with Crippen molar-refractivity contribution in [1.82, 2.24) is 0 Å². The van der Waals surface area contributed by atoms with Crippen LogP contribution in [-0.2, 0) is 61.2 Å². The van der Waals surface area contributed by atoms with Gasteiger partial charge in [-0.3, -0.25) is 23.4 Å². The van der Waals surface area contributed by atoms with E-state index in [1.165, 1.54) is 148 Å². The van der Waals surface area contributed by atoms with Crippen LogP contribution in [0.25, 0.3) is 0 Å². The van der Waals surface area contributed by atoms with E-state index in [1.54, 1.807) is 0 Å². The highest BCUT2D eigenvalue weighted by Gasteiger charge is 2.58. The Labute approximate surface area is 574 Å². The number of rotatable bonds is 59. The maximum absolute atomic E-state index is 14.3. The summed E-state index contributed by atoms with van der Waals surface area (Å²) in [6, 6.07) is 0. The smallest absolute Gasteiger partial charge is 0.463 e. The zero-order chi connectivity index (χ0) is 70.4. The van der Waals surface area contributed by atoms with Crippen molar-refractivity contribution in [3.63, 3.8) is 0 Å². The Hall–Kier alpha value is -2.04. The molecule has 2 saturated heterocycles. The number of phosphoric ester groups is 1. The Balaban J connectivity index is 1.73. The van der Waals surface area contributed by atoms with Gasteiger partial charge in [-0.05, 0) is 19.3 Å². The fourth-order valence-electron chi connectivity index (χ4n) is 12.7. The third kappa shape index (κ3) is 36.7. The maximum atomic E-state index is 14.3. The number of esters is 3. The van der Waals surface area contributed by atoms with Crippen LogP contribution in [0, 0.1) is 0 Å². The maximum Gasteiger partial charge on any atom is 0.472 e. The van der Waals surface area contributed by atoms with Gasteiger partial charge in [-0.1, -0.05) is 265 Å². The minimum absolute atomic E-state index is 0.0329. The number of carbonyl (C=O) groups excluding carboxylic acids is 3. The van der Waals surface area contributed by atoms with Gasteiger partial charge in [0.25, 0.3) is 0 Å². The first-order valence-electron chi connectivity index (χ1n) is 37.8. The van der Waals surface area contributed by atoms with Gasteiger partial charge in [0.1, 0.15) is 98.7 Å². The Kier molecular flexibility index (Phi) is 49.4. The van der Waals surface area contributed by atoms with Gasteiger partial charge in [0.2, 0.25) is 0 Å². The molecule has 25 heteroatoms. The number of aliphatic hydroxyl groups is 10. The van der Waals surface area contributed by atoms with Gasteiger partial charge in [0, 0.05) is 19.3 Å². The number of ether oxygens (including phenoxy) is 7. The zero-order valence-corrected chi connectivity index (χ0v) is 59.8. The largest absolute Gasteiger partial charge is 0.472 e. The van der Waals surface area contributed by atoms with Gasteiger partial charge in [0.15, 0.2) is 18.7 Å². The first-order chi connectivity index (χ1) is 46.3. The SMILES string of the molecule is CCCCCCCCCCCCCCCCCCC(=O)OC(COC(=O)CCCCCCCCCCCCCC)COP(=O)(O)OC1C(OC2OC(CO)C(O)C(O)C2O)C(O)C(O)C(O)C1OC1OC(COC(=O)CCCCCCCCCCCCCCC)C(O)C(O)C1O. The van der Waals surface area contributed by atoms with Gasteiger partial charge < -0.3 is 89.1 Å². The summed E-state index contributed by atoms with van der Waals surface area (Å²) in [6.07, 6.45) is 10.3. The van der Waals surface area contributed by atoms with Crippen molar-refractivity contribution in [3.8, 4) is 0 Å². The van der Waals surface area contributed by atoms with Crippen molar-refractivity contribution in [2.75, 3.05) is 26.4 Å².